The molecule has 8 nitrogen and oxygen atoms in total. The quantitative estimate of drug-likeness (QED) is 0.459. The van der Waals surface area contributed by atoms with Crippen LogP contribution in [0.2, 0.25) is 0 Å². The van der Waals surface area contributed by atoms with Gasteiger partial charge in [-0.2, -0.15) is 0 Å². The molecule has 34 heavy (non-hydrogen) atoms. The normalized spacial score (nSPS) is 13.5. The predicted octanol–water partition coefficient (Wildman–Crippen LogP) is 2.96. The second kappa shape index (κ2) is 8.82. The summed E-state index contributed by atoms with van der Waals surface area (Å²) in [5.41, 5.74) is 1.82. The average molecular weight is 457 g/mol. The van der Waals surface area contributed by atoms with Crippen molar-refractivity contribution in [1.29, 1.82) is 0 Å². The van der Waals surface area contributed by atoms with Crippen LogP contribution < -0.4 is 14.8 Å². The molecule has 0 saturated heterocycles. The summed E-state index contributed by atoms with van der Waals surface area (Å²) in [5.74, 6) is -0.678. The number of ether oxygens (including phenoxy) is 3. The highest BCUT2D eigenvalue weighted by Crippen LogP contribution is 2.32. The Bertz CT molecular complexity index is 1340. The predicted molar refractivity (Wildman–Crippen MR) is 120 cm³/mol. The van der Waals surface area contributed by atoms with Gasteiger partial charge in [-0.1, -0.05) is 42.5 Å². The highest BCUT2D eigenvalue weighted by molar-refractivity contribution is 6.30. The molecule has 1 N–H and O–H groups in total. The Balaban J connectivity index is 1.24. The number of hydrogen-bond acceptors (Lipinski definition) is 7. The third kappa shape index (κ3) is 4.01. The van der Waals surface area contributed by atoms with Crippen molar-refractivity contribution in [3.8, 4) is 11.5 Å². The molecule has 0 aromatic heterocycles. The fraction of sp³-hybridized carbons (Fsp3) is 0.154. The summed E-state index contributed by atoms with van der Waals surface area (Å²) in [6.07, 6.45) is -0.0472. The molecule has 0 spiro atoms. The van der Waals surface area contributed by atoms with Crippen LogP contribution in [0.1, 0.15) is 37.4 Å². The number of esters is 1. The number of fused-ring (bicyclic) bond motifs is 3. The van der Waals surface area contributed by atoms with Crippen molar-refractivity contribution in [3.63, 3.8) is 0 Å². The second-order valence-electron chi connectivity index (χ2n) is 7.80. The van der Waals surface area contributed by atoms with E-state index in [1.165, 1.54) is 6.07 Å². The van der Waals surface area contributed by atoms with Gasteiger partial charge >= 0.3 is 5.97 Å². The third-order valence-corrected chi connectivity index (χ3v) is 5.55. The Morgan fingerprint density at radius 3 is 2.32 bits per heavy atom. The van der Waals surface area contributed by atoms with Gasteiger partial charge in [0.15, 0.2) is 29.7 Å². The van der Waals surface area contributed by atoms with Gasteiger partial charge < -0.3 is 19.5 Å². The molecule has 3 aromatic rings. The molecule has 5 rings (SSSR count). The zero-order valence-corrected chi connectivity index (χ0v) is 18.0. The fourth-order valence-corrected chi connectivity index (χ4v) is 4.00. The smallest absolute Gasteiger partial charge is 0.310 e. The molecular formula is C26H19NO7. The Morgan fingerprint density at radius 2 is 1.53 bits per heavy atom. The van der Waals surface area contributed by atoms with E-state index < -0.39 is 18.5 Å². The lowest BCUT2D eigenvalue weighted by Crippen LogP contribution is -2.26. The van der Waals surface area contributed by atoms with Crippen LogP contribution in [0.25, 0.3) is 0 Å². The zero-order chi connectivity index (χ0) is 23.7. The zero-order valence-electron chi connectivity index (χ0n) is 18.0. The van der Waals surface area contributed by atoms with Crippen molar-refractivity contribution >= 4 is 29.1 Å². The molecule has 170 valence electrons. The molecule has 1 aliphatic carbocycles. The molecule has 1 aliphatic heterocycles. The van der Waals surface area contributed by atoms with Crippen molar-refractivity contribution < 1.29 is 33.4 Å². The largest absolute Gasteiger partial charge is 0.486 e. The van der Waals surface area contributed by atoms with Crippen molar-refractivity contribution in [3.05, 3.63) is 88.5 Å². The maximum Gasteiger partial charge on any atom is 0.310 e. The molecule has 3 aromatic carbocycles. The molecule has 0 saturated carbocycles. The summed E-state index contributed by atoms with van der Waals surface area (Å²) in [4.78, 5) is 50.5. The number of ketones is 2. The van der Waals surface area contributed by atoms with E-state index in [0.717, 1.165) is 0 Å². The van der Waals surface area contributed by atoms with E-state index in [9.17, 15) is 19.2 Å². The Morgan fingerprint density at radius 1 is 0.824 bits per heavy atom. The lowest BCUT2D eigenvalue weighted by atomic mass is 9.83. The van der Waals surface area contributed by atoms with Crippen LogP contribution in [0, 0.1) is 0 Å². The standard InChI is InChI=1S/C26H19NO7/c28-22(14-34-23(29)13-15-8-9-20-21(12-15)33-11-10-32-20)27-19-7-3-6-18-24(19)26(31)17-5-2-1-4-16(17)25(18)30/h1-9,12H,10-11,13-14H2,(H,27,28). The van der Waals surface area contributed by atoms with Gasteiger partial charge in [-0.3, -0.25) is 19.2 Å². The van der Waals surface area contributed by atoms with Crippen LogP contribution in [0.4, 0.5) is 5.69 Å². The first-order valence-electron chi connectivity index (χ1n) is 10.7. The van der Waals surface area contributed by atoms with Gasteiger partial charge in [0.25, 0.3) is 5.91 Å². The molecule has 0 bridgehead atoms. The third-order valence-electron chi connectivity index (χ3n) is 5.55. The molecule has 8 heteroatoms. The monoisotopic (exact) mass is 457 g/mol. The van der Waals surface area contributed by atoms with Crippen LogP contribution in [-0.2, 0) is 20.7 Å². The number of carbonyl (C=O) groups is 4. The van der Waals surface area contributed by atoms with Gasteiger partial charge in [0, 0.05) is 16.7 Å². The van der Waals surface area contributed by atoms with Crippen molar-refractivity contribution in [2.24, 2.45) is 0 Å². The summed E-state index contributed by atoms with van der Waals surface area (Å²) in [6.45, 7) is 0.371. The minimum atomic E-state index is -0.622. The fourth-order valence-electron chi connectivity index (χ4n) is 4.00. The van der Waals surface area contributed by atoms with E-state index in [2.05, 4.69) is 5.32 Å². The Hall–Kier alpha value is -4.46. The molecule has 0 unspecified atom stereocenters. The number of benzene rings is 3. The van der Waals surface area contributed by atoms with Crippen molar-refractivity contribution in [1.82, 2.24) is 0 Å². The lowest BCUT2D eigenvalue weighted by molar-refractivity contribution is -0.146. The van der Waals surface area contributed by atoms with Crippen LogP contribution in [0.15, 0.2) is 60.7 Å². The Kier molecular flexibility index (Phi) is 5.55. The maximum absolute atomic E-state index is 13.0. The van der Waals surface area contributed by atoms with Crippen LogP contribution in [0.3, 0.4) is 0 Å². The van der Waals surface area contributed by atoms with E-state index in [-0.39, 0.29) is 40.4 Å². The first kappa shape index (κ1) is 21.4. The summed E-state index contributed by atoms with van der Waals surface area (Å²) >= 11 is 0. The molecular weight excluding hydrogens is 438 g/mol. The molecule has 0 fully saturated rings. The van der Waals surface area contributed by atoms with Gasteiger partial charge in [-0.25, -0.2) is 0 Å². The lowest BCUT2D eigenvalue weighted by Gasteiger charge is -2.20. The number of rotatable bonds is 5. The van der Waals surface area contributed by atoms with Gasteiger partial charge in [-0.05, 0) is 23.8 Å². The van der Waals surface area contributed by atoms with E-state index in [0.29, 0.717) is 35.8 Å². The first-order valence-corrected chi connectivity index (χ1v) is 10.7. The highest BCUT2D eigenvalue weighted by atomic mass is 16.6. The minimum absolute atomic E-state index is 0.0472. The van der Waals surface area contributed by atoms with E-state index in [1.807, 2.05) is 0 Å². The van der Waals surface area contributed by atoms with E-state index >= 15 is 0 Å². The molecule has 1 heterocycles. The number of amides is 1. The van der Waals surface area contributed by atoms with Gasteiger partial charge in [0.2, 0.25) is 0 Å². The number of anilines is 1. The summed E-state index contributed by atoms with van der Waals surface area (Å²) in [5, 5.41) is 2.59. The number of hydrogen-bond donors (Lipinski definition) is 1. The van der Waals surface area contributed by atoms with Gasteiger partial charge in [0.05, 0.1) is 17.7 Å². The molecule has 0 atom stereocenters. The number of nitrogens with one attached hydrogen (secondary N) is 1. The van der Waals surface area contributed by atoms with Crippen molar-refractivity contribution in [2.45, 2.75) is 6.42 Å². The summed E-state index contributed by atoms with van der Waals surface area (Å²) < 4.78 is 16.1. The van der Waals surface area contributed by atoms with Crippen LogP contribution in [0.5, 0.6) is 11.5 Å². The van der Waals surface area contributed by atoms with Gasteiger partial charge in [0.1, 0.15) is 13.2 Å². The SMILES string of the molecule is O=C(COC(=O)Cc1ccc2c(c1)OCCO2)Nc1cccc2c1C(=O)c1ccccc1C2=O. The number of carbonyl (C=O) groups excluding carboxylic acids is 4. The van der Waals surface area contributed by atoms with Crippen LogP contribution in [-0.4, -0.2) is 43.3 Å². The highest BCUT2D eigenvalue weighted by Gasteiger charge is 2.31. The topological polar surface area (TPSA) is 108 Å². The van der Waals surface area contributed by atoms with Crippen LogP contribution >= 0.6 is 0 Å². The van der Waals surface area contributed by atoms with E-state index in [1.54, 1.807) is 54.6 Å². The Labute approximate surface area is 194 Å². The van der Waals surface area contributed by atoms with Gasteiger partial charge in [-0.15, -0.1) is 0 Å². The molecule has 1 amide bonds. The van der Waals surface area contributed by atoms with E-state index in [4.69, 9.17) is 14.2 Å². The average Bonchev–Trinajstić information content (AvgIpc) is 2.86. The summed E-state index contributed by atoms with van der Waals surface area (Å²) in [6, 6.07) is 16.4. The second-order valence-corrected chi connectivity index (χ2v) is 7.80. The summed E-state index contributed by atoms with van der Waals surface area (Å²) in [7, 11) is 0. The maximum atomic E-state index is 13.0. The minimum Gasteiger partial charge on any atom is -0.486 e. The molecule has 2 aliphatic rings. The molecule has 0 radical (unpaired) electrons. The first-order chi connectivity index (χ1) is 16.5. The van der Waals surface area contributed by atoms with Crippen molar-refractivity contribution in [2.75, 3.05) is 25.1 Å².